The summed E-state index contributed by atoms with van der Waals surface area (Å²) in [6.45, 7) is 6.69. The quantitative estimate of drug-likeness (QED) is 0.828. The van der Waals surface area contributed by atoms with Crippen LogP contribution in [-0.2, 0) is 0 Å². The minimum Gasteiger partial charge on any atom is -0.383 e. The van der Waals surface area contributed by atoms with E-state index in [1.807, 2.05) is 19.9 Å². The second-order valence-electron chi connectivity index (χ2n) is 5.34. The summed E-state index contributed by atoms with van der Waals surface area (Å²) < 4.78 is 0. The number of nitrogens with two attached hydrogens (primary N) is 1. The molecule has 2 aromatic heterocycles. The van der Waals surface area contributed by atoms with Gasteiger partial charge in [-0.3, -0.25) is 4.79 Å². The van der Waals surface area contributed by atoms with Gasteiger partial charge in [0, 0.05) is 17.6 Å². The summed E-state index contributed by atoms with van der Waals surface area (Å²) in [5.74, 6) is 0.0611. The molecule has 0 saturated carbocycles. The summed E-state index contributed by atoms with van der Waals surface area (Å²) in [6, 6.07) is 3.76. The van der Waals surface area contributed by atoms with Crippen LogP contribution in [0.5, 0.6) is 0 Å². The van der Waals surface area contributed by atoms with E-state index in [0.29, 0.717) is 17.8 Å². The molecule has 3 N–H and O–H groups in total. The molecule has 2 heterocycles. The van der Waals surface area contributed by atoms with Crippen LogP contribution in [0.3, 0.4) is 0 Å². The number of carbonyl (C=O) groups is 1. The van der Waals surface area contributed by atoms with Crippen molar-refractivity contribution in [1.29, 1.82) is 0 Å². The molecule has 0 unspecified atom stereocenters. The van der Waals surface area contributed by atoms with Crippen molar-refractivity contribution in [2.75, 3.05) is 12.3 Å². The first kappa shape index (κ1) is 15.2. The van der Waals surface area contributed by atoms with Crippen molar-refractivity contribution in [1.82, 2.24) is 15.3 Å². The number of hydrogen-bond donors (Lipinski definition) is 2. The lowest BCUT2D eigenvalue weighted by Crippen LogP contribution is -2.25. The number of fused-ring (bicyclic) bond motifs is 1. The Bertz CT molecular complexity index is 667. The maximum absolute atomic E-state index is 12.2. The lowest BCUT2D eigenvalue weighted by atomic mass is 10.1. The molecule has 0 radical (unpaired) electrons. The molecule has 2 aromatic rings. The van der Waals surface area contributed by atoms with Gasteiger partial charge in [0.2, 0.25) is 0 Å². The Kier molecular flexibility index (Phi) is 4.73. The van der Waals surface area contributed by atoms with Crippen LogP contribution in [0, 0.1) is 13.8 Å². The number of anilines is 1. The highest BCUT2D eigenvalue weighted by atomic mass is 16.1. The van der Waals surface area contributed by atoms with Gasteiger partial charge in [0.25, 0.3) is 5.91 Å². The van der Waals surface area contributed by atoms with Crippen LogP contribution in [0.25, 0.3) is 11.0 Å². The van der Waals surface area contributed by atoms with Gasteiger partial charge in [-0.25, -0.2) is 9.97 Å². The minimum absolute atomic E-state index is 0.169. The molecule has 0 aromatic carbocycles. The molecule has 0 spiro atoms. The Morgan fingerprint density at radius 3 is 2.71 bits per heavy atom. The average molecular weight is 286 g/mol. The first-order valence-corrected chi connectivity index (χ1v) is 7.35. The van der Waals surface area contributed by atoms with E-state index in [2.05, 4.69) is 22.2 Å². The molecular formula is C16H22N4O. The van der Waals surface area contributed by atoms with Crippen molar-refractivity contribution in [3.63, 3.8) is 0 Å². The van der Waals surface area contributed by atoms with Crippen LogP contribution in [0.15, 0.2) is 12.1 Å². The van der Waals surface area contributed by atoms with E-state index in [4.69, 9.17) is 5.73 Å². The van der Waals surface area contributed by atoms with Gasteiger partial charge in [0.15, 0.2) is 5.65 Å². The zero-order chi connectivity index (χ0) is 15.4. The van der Waals surface area contributed by atoms with Gasteiger partial charge >= 0.3 is 0 Å². The van der Waals surface area contributed by atoms with Crippen molar-refractivity contribution in [3.8, 4) is 0 Å². The number of amides is 1. The average Bonchev–Trinajstić information content (AvgIpc) is 2.42. The molecule has 0 bridgehead atoms. The van der Waals surface area contributed by atoms with E-state index in [9.17, 15) is 4.79 Å². The molecule has 0 aliphatic heterocycles. The Morgan fingerprint density at radius 1 is 1.24 bits per heavy atom. The summed E-state index contributed by atoms with van der Waals surface area (Å²) >= 11 is 0. The Morgan fingerprint density at radius 2 is 2.00 bits per heavy atom. The third-order valence-electron chi connectivity index (χ3n) is 3.47. The Balaban J connectivity index is 2.28. The van der Waals surface area contributed by atoms with Crippen molar-refractivity contribution in [2.45, 2.75) is 40.0 Å². The highest BCUT2D eigenvalue weighted by Crippen LogP contribution is 2.21. The number of nitrogen functional groups attached to an aromatic ring is 1. The smallest absolute Gasteiger partial charge is 0.255 e. The number of unbranched alkanes of at least 4 members (excludes halogenated alkanes) is 2. The highest BCUT2D eigenvalue weighted by Gasteiger charge is 2.13. The maximum atomic E-state index is 12.2. The van der Waals surface area contributed by atoms with Crippen LogP contribution in [0.1, 0.15) is 47.8 Å². The second-order valence-corrected chi connectivity index (χ2v) is 5.34. The van der Waals surface area contributed by atoms with E-state index in [-0.39, 0.29) is 11.7 Å². The van der Waals surface area contributed by atoms with E-state index in [1.54, 1.807) is 6.07 Å². The number of aryl methyl sites for hydroxylation is 2. The molecule has 0 aliphatic carbocycles. The molecule has 21 heavy (non-hydrogen) atoms. The molecular weight excluding hydrogens is 264 g/mol. The first-order valence-electron chi connectivity index (χ1n) is 7.35. The standard InChI is InChI=1S/C16H22N4O/c1-4-5-6-7-18-16(21)13-9-12-10(2)8-11(3)19-15(12)20-14(13)17/h8-9H,4-7H2,1-3H3,(H,18,21)(H2,17,19,20). The summed E-state index contributed by atoms with van der Waals surface area (Å²) in [7, 11) is 0. The predicted octanol–water partition coefficient (Wildman–Crippen LogP) is 2.75. The highest BCUT2D eigenvalue weighted by molar-refractivity contribution is 6.01. The fourth-order valence-corrected chi connectivity index (χ4v) is 2.34. The number of aromatic nitrogens is 2. The van der Waals surface area contributed by atoms with Crippen LogP contribution in [0.2, 0.25) is 0 Å². The van der Waals surface area contributed by atoms with E-state index >= 15 is 0 Å². The van der Waals surface area contributed by atoms with Crippen LogP contribution < -0.4 is 11.1 Å². The molecule has 5 heteroatoms. The van der Waals surface area contributed by atoms with Crippen molar-refractivity contribution < 1.29 is 4.79 Å². The normalized spacial score (nSPS) is 10.8. The van der Waals surface area contributed by atoms with Gasteiger partial charge < -0.3 is 11.1 Å². The molecule has 0 aliphatic rings. The Hall–Kier alpha value is -2.17. The zero-order valence-electron chi connectivity index (χ0n) is 12.9. The third-order valence-corrected chi connectivity index (χ3v) is 3.47. The molecule has 0 atom stereocenters. The van der Waals surface area contributed by atoms with Gasteiger partial charge in [-0.1, -0.05) is 19.8 Å². The second kappa shape index (κ2) is 6.52. The first-order chi connectivity index (χ1) is 10.0. The van der Waals surface area contributed by atoms with E-state index in [1.165, 1.54) is 0 Å². The minimum atomic E-state index is -0.169. The molecule has 112 valence electrons. The van der Waals surface area contributed by atoms with Crippen molar-refractivity contribution in [2.24, 2.45) is 0 Å². The summed E-state index contributed by atoms with van der Waals surface area (Å²) in [6.07, 6.45) is 3.21. The van der Waals surface area contributed by atoms with Gasteiger partial charge in [0.05, 0.1) is 5.56 Å². The predicted molar refractivity (Wildman–Crippen MR) is 85.3 cm³/mol. The number of rotatable bonds is 5. The number of pyridine rings is 2. The number of nitrogens with one attached hydrogen (secondary N) is 1. The van der Waals surface area contributed by atoms with E-state index in [0.717, 1.165) is 35.9 Å². The topological polar surface area (TPSA) is 80.9 Å². The van der Waals surface area contributed by atoms with Crippen molar-refractivity contribution >= 4 is 22.8 Å². The van der Waals surface area contributed by atoms with Gasteiger partial charge in [-0.15, -0.1) is 0 Å². The summed E-state index contributed by atoms with van der Waals surface area (Å²) in [4.78, 5) is 20.8. The van der Waals surface area contributed by atoms with Gasteiger partial charge in [0.1, 0.15) is 5.82 Å². The molecule has 0 fully saturated rings. The van der Waals surface area contributed by atoms with Crippen LogP contribution >= 0.6 is 0 Å². The summed E-state index contributed by atoms with van der Waals surface area (Å²) in [5, 5.41) is 3.76. The van der Waals surface area contributed by atoms with Crippen molar-refractivity contribution in [3.05, 3.63) is 29.0 Å². The maximum Gasteiger partial charge on any atom is 0.255 e. The number of nitrogens with zero attached hydrogens (tertiary/aromatic N) is 2. The van der Waals surface area contributed by atoms with Crippen LogP contribution in [-0.4, -0.2) is 22.4 Å². The van der Waals surface area contributed by atoms with E-state index < -0.39 is 0 Å². The fourth-order valence-electron chi connectivity index (χ4n) is 2.34. The third kappa shape index (κ3) is 3.48. The molecule has 5 nitrogen and oxygen atoms in total. The largest absolute Gasteiger partial charge is 0.383 e. The van der Waals surface area contributed by atoms with Gasteiger partial charge in [-0.05, 0) is 38.0 Å². The summed E-state index contributed by atoms with van der Waals surface area (Å²) in [5.41, 5.74) is 8.86. The van der Waals surface area contributed by atoms with Crippen LogP contribution in [0.4, 0.5) is 5.82 Å². The zero-order valence-corrected chi connectivity index (χ0v) is 12.9. The van der Waals surface area contributed by atoms with Gasteiger partial charge in [-0.2, -0.15) is 0 Å². The lowest BCUT2D eigenvalue weighted by Gasteiger charge is -2.09. The Labute approximate surface area is 125 Å². The number of carbonyl (C=O) groups excluding carboxylic acids is 1. The molecule has 0 saturated heterocycles. The number of hydrogen-bond acceptors (Lipinski definition) is 4. The monoisotopic (exact) mass is 286 g/mol. The fraction of sp³-hybridized carbons (Fsp3) is 0.438. The lowest BCUT2D eigenvalue weighted by molar-refractivity contribution is 0.0953. The SMILES string of the molecule is CCCCCNC(=O)c1cc2c(C)cc(C)nc2nc1N. The molecule has 2 rings (SSSR count). The molecule has 1 amide bonds.